The third kappa shape index (κ3) is 7.25. The van der Waals surface area contributed by atoms with Crippen molar-refractivity contribution in [2.75, 3.05) is 23.1 Å². The highest BCUT2D eigenvalue weighted by Gasteiger charge is 2.27. The van der Waals surface area contributed by atoms with E-state index in [1.54, 1.807) is 42.1 Å². The molecule has 0 spiro atoms. The van der Waals surface area contributed by atoms with Crippen LogP contribution < -0.4 is 9.62 Å². The summed E-state index contributed by atoms with van der Waals surface area (Å²) >= 11 is 7.77. The number of nitrogens with zero attached hydrogens (tertiary/aromatic N) is 1. The Bertz CT molecular complexity index is 1170. The molecule has 174 valence electrons. The average Bonchev–Trinajstić information content (AvgIpc) is 2.81. The molecule has 0 unspecified atom stereocenters. The van der Waals surface area contributed by atoms with E-state index in [0.717, 1.165) is 34.1 Å². The molecule has 0 aliphatic rings. The second kappa shape index (κ2) is 12.1. The fourth-order valence-electron chi connectivity index (χ4n) is 3.27. The molecular formula is C25H27ClN2O3S2. The van der Waals surface area contributed by atoms with E-state index in [-0.39, 0.29) is 17.3 Å². The molecule has 3 rings (SSSR count). The minimum Gasteiger partial charge on any atom is -0.354 e. The predicted molar refractivity (Wildman–Crippen MR) is 137 cm³/mol. The number of hydrogen-bond donors (Lipinski definition) is 1. The van der Waals surface area contributed by atoms with E-state index >= 15 is 0 Å². The van der Waals surface area contributed by atoms with Crippen LogP contribution in [0.4, 0.5) is 5.69 Å². The van der Waals surface area contributed by atoms with Crippen LogP contribution in [0.1, 0.15) is 17.5 Å². The number of nitrogens with one attached hydrogen (secondary N) is 1. The number of para-hydroxylation sites is 1. The van der Waals surface area contributed by atoms with Crippen LogP contribution in [-0.2, 0) is 20.6 Å². The molecule has 0 radical (unpaired) electrons. The molecule has 0 heterocycles. The average molecular weight is 503 g/mol. The van der Waals surface area contributed by atoms with Crippen molar-refractivity contribution >= 4 is 45.0 Å². The fraction of sp³-hybridized carbons (Fsp3) is 0.240. The van der Waals surface area contributed by atoms with Gasteiger partial charge in [-0.3, -0.25) is 9.10 Å². The number of hydrogen-bond acceptors (Lipinski definition) is 4. The fourth-order valence-corrected chi connectivity index (χ4v) is 5.90. The molecule has 3 aromatic rings. The quantitative estimate of drug-likeness (QED) is 0.362. The number of thioether (sulfide) groups is 1. The molecule has 33 heavy (non-hydrogen) atoms. The minimum absolute atomic E-state index is 0.151. The van der Waals surface area contributed by atoms with E-state index in [4.69, 9.17) is 11.6 Å². The molecule has 0 aliphatic carbocycles. The Labute approximate surface area is 205 Å². The van der Waals surface area contributed by atoms with Gasteiger partial charge in [-0.25, -0.2) is 8.42 Å². The van der Waals surface area contributed by atoms with Crippen molar-refractivity contribution in [3.63, 3.8) is 0 Å². The van der Waals surface area contributed by atoms with Gasteiger partial charge in [0.25, 0.3) is 10.0 Å². The molecule has 1 amide bonds. The summed E-state index contributed by atoms with van der Waals surface area (Å²) in [5.74, 6) is 1.39. The van der Waals surface area contributed by atoms with Crippen molar-refractivity contribution in [3.05, 3.63) is 95.0 Å². The maximum absolute atomic E-state index is 13.3. The zero-order valence-corrected chi connectivity index (χ0v) is 20.8. The Morgan fingerprint density at radius 2 is 1.73 bits per heavy atom. The number of rotatable bonds is 11. The van der Waals surface area contributed by atoms with Gasteiger partial charge in [-0.15, -0.1) is 0 Å². The van der Waals surface area contributed by atoms with Gasteiger partial charge in [0.15, 0.2) is 0 Å². The number of carbonyl (C=O) groups is 1. The third-order valence-electron chi connectivity index (χ3n) is 4.95. The molecule has 0 saturated carbocycles. The van der Waals surface area contributed by atoms with E-state index in [0.29, 0.717) is 12.2 Å². The molecule has 0 atom stereocenters. The first-order chi connectivity index (χ1) is 15.9. The van der Waals surface area contributed by atoms with E-state index < -0.39 is 10.0 Å². The van der Waals surface area contributed by atoms with Crippen LogP contribution in [0.15, 0.2) is 83.8 Å². The summed E-state index contributed by atoms with van der Waals surface area (Å²) in [6.07, 6.45) is 0.784. The van der Waals surface area contributed by atoms with Crippen molar-refractivity contribution < 1.29 is 13.2 Å². The number of anilines is 1. The summed E-state index contributed by atoms with van der Waals surface area (Å²) in [6.45, 7) is 2.03. The molecule has 8 heteroatoms. The number of sulfonamides is 1. The third-order valence-corrected chi connectivity index (χ3v) is 8.07. The van der Waals surface area contributed by atoms with E-state index in [9.17, 15) is 13.2 Å². The van der Waals surface area contributed by atoms with Crippen LogP contribution >= 0.6 is 23.4 Å². The summed E-state index contributed by atoms with van der Waals surface area (Å²) in [4.78, 5) is 12.8. The van der Waals surface area contributed by atoms with Gasteiger partial charge in [-0.05, 0) is 60.6 Å². The van der Waals surface area contributed by atoms with Crippen LogP contribution in [0.3, 0.4) is 0 Å². The first-order valence-electron chi connectivity index (χ1n) is 10.6. The number of amides is 1. The molecule has 1 N–H and O–H groups in total. The molecule has 0 aliphatic heterocycles. The minimum atomic E-state index is -3.89. The molecule has 0 saturated heterocycles. The van der Waals surface area contributed by atoms with E-state index in [1.165, 1.54) is 16.4 Å². The highest BCUT2D eigenvalue weighted by Crippen LogP contribution is 2.26. The lowest BCUT2D eigenvalue weighted by Crippen LogP contribution is -2.41. The zero-order valence-electron chi connectivity index (χ0n) is 18.4. The Balaban J connectivity index is 1.57. The molecular weight excluding hydrogens is 476 g/mol. The Hall–Kier alpha value is -2.48. The summed E-state index contributed by atoms with van der Waals surface area (Å²) in [7, 11) is -3.89. The second-order valence-corrected chi connectivity index (χ2v) is 10.9. The van der Waals surface area contributed by atoms with Gasteiger partial charge >= 0.3 is 0 Å². The lowest BCUT2D eigenvalue weighted by Gasteiger charge is -2.25. The van der Waals surface area contributed by atoms with E-state index in [1.807, 2.05) is 43.3 Å². The van der Waals surface area contributed by atoms with Gasteiger partial charge in [-0.2, -0.15) is 11.8 Å². The number of carbonyl (C=O) groups excluding carboxylic acids is 1. The van der Waals surface area contributed by atoms with Crippen molar-refractivity contribution in [1.82, 2.24) is 5.32 Å². The summed E-state index contributed by atoms with van der Waals surface area (Å²) in [5.41, 5.74) is 2.44. The standard InChI is InChI=1S/C25H27ClN2O3S2/c1-20-9-5-6-14-24(20)28(33(30,31)23-12-3-2-4-13-23)18-25(29)27-15-8-16-32-19-21-10-7-11-22(26)17-21/h2-7,9-14,17H,8,15-16,18-19H2,1H3,(H,27,29). The van der Waals surface area contributed by atoms with Crippen LogP contribution in [0.25, 0.3) is 0 Å². The normalized spacial score (nSPS) is 11.2. The maximum Gasteiger partial charge on any atom is 0.264 e. The molecule has 0 fully saturated rings. The first-order valence-corrected chi connectivity index (χ1v) is 13.6. The van der Waals surface area contributed by atoms with E-state index in [2.05, 4.69) is 5.32 Å². The van der Waals surface area contributed by atoms with Crippen LogP contribution in [-0.4, -0.2) is 33.2 Å². The highest BCUT2D eigenvalue weighted by atomic mass is 35.5. The SMILES string of the molecule is Cc1ccccc1N(CC(=O)NCCCSCc1cccc(Cl)c1)S(=O)(=O)c1ccccc1. The van der Waals surface area contributed by atoms with Crippen LogP contribution in [0.2, 0.25) is 5.02 Å². The Morgan fingerprint density at radius 1 is 1.00 bits per heavy atom. The molecule has 0 bridgehead atoms. The molecule has 0 aromatic heterocycles. The van der Waals surface area contributed by atoms with Crippen molar-refractivity contribution in [2.24, 2.45) is 0 Å². The van der Waals surface area contributed by atoms with Crippen molar-refractivity contribution in [1.29, 1.82) is 0 Å². The van der Waals surface area contributed by atoms with Gasteiger partial charge in [0.2, 0.25) is 5.91 Å². The number of benzene rings is 3. The topological polar surface area (TPSA) is 66.5 Å². The largest absolute Gasteiger partial charge is 0.354 e. The molecule has 5 nitrogen and oxygen atoms in total. The molecule has 3 aromatic carbocycles. The summed E-state index contributed by atoms with van der Waals surface area (Å²) in [6, 6.07) is 23.1. The number of aryl methyl sites for hydroxylation is 1. The summed E-state index contributed by atoms with van der Waals surface area (Å²) < 4.78 is 27.8. The van der Waals surface area contributed by atoms with Crippen LogP contribution in [0, 0.1) is 6.92 Å². The van der Waals surface area contributed by atoms with Gasteiger partial charge in [-0.1, -0.05) is 60.1 Å². The van der Waals surface area contributed by atoms with Gasteiger partial charge in [0.05, 0.1) is 10.6 Å². The monoisotopic (exact) mass is 502 g/mol. The van der Waals surface area contributed by atoms with Gasteiger partial charge in [0, 0.05) is 17.3 Å². The Morgan fingerprint density at radius 3 is 2.45 bits per heavy atom. The maximum atomic E-state index is 13.3. The zero-order chi connectivity index (χ0) is 23.7. The summed E-state index contributed by atoms with van der Waals surface area (Å²) in [5, 5.41) is 3.58. The smallest absolute Gasteiger partial charge is 0.264 e. The van der Waals surface area contributed by atoms with Crippen molar-refractivity contribution in [3.8, 4) is 0 Å². The number of halogens is 1. The lowest BCUT2D eigenvalue weighted by molar-refractivity contribution is -0.119. The second-order valence-electron chi connectivity index (χ2n) is 7.50. The Kier molecular flexibility index (Phi) is 9.23. The van der Waals surface area contributed by atoms with Crippen LogP contribution in [0.5, 0.6) is 0 Å². The van der Waals surface area contributed by atoms with Gasteiger partial charge in [0.1, 0.15) is 6.54 Å². The lowest BCUT2D eigenvalue weighted by atomic mass is 10.2. The van der Waals surface area contributed by atoms with Crippen molar-refractivity contribution in [2.45, 2.75) is 24.0 Å². The highest BCUT2D eigenvalue weighted by molar-refractivity contribution is 7.98. The first kappa shape index (κ1) is 25.1. The van der Waals surface area contributed by atoms with Gasteiger partial charge < -0.3 is 5.32 Å². The predicted octanol–water partition coefficient (Wildman–Crippen LogP) is 5.28.